The quantitative estimate of drug-likeness (QED) is 0.742. The Balaban J connectivity index is 1.54. The highest BCUT2D eigenvalue weighted by Crippen LogP contribution is 2.29. The van der Waals surface area contributed by atoms with Gasteiger partial charge in [0.1, 0.15) is 0 Å². The summed E-state index contributed by atoms with van der Waals surface area (Å²) in [5.74, 6) is 0.0197. The average Bonchev–Trinajstić information content (AvgIpc) is 2.99. The van der Waals surface area contributed by atoms with E-state index in [2.05, 4.69) is 33.0 Å². The first-order valence-corrected chi connectivity index (χ1v) is 9.96. The van der Waals surface area contributed by atoms with Gasteiger partial charge in [0.15, 0.2) is 5.82 Å². The van der Waals surface area contributed by atoms with Crippen molar-refractivity contribution in [3.05, 3.63) is 53.4 Å². The summed E-state index contributed by atoms with van der Waals surface area (Å²) in [6.07, 6.45) is 3.59. The fourth-order valence-corrected chi connectivity index (χ4v) is 4.20. The van der Waals surface area contributed by atoms with Crippen LogP contribution in [-0.4, -0.2) is 65.2 Å². The number of aromatic nitrogens is 2. The van der Waals surface area contributed by atoms with E-state index in [1.54, 1.807) is 0 Å². The Morgan fingerprint density at radius 3 is 2.66 bits per heavy atom. The number of esters is 1. The van der Waals surface area contributed by atoms with Gasteiger partial charge in [-0.2, -0.15) is 9.37 Å². The van der Waals surface area contributed by atoms with Crippen molar-refractivity contribution in [2.45, 2.75) is 20.4 Å². The smallest absolute Gasteiger partial charge is 0.312 e. The molecule has 3 heterocycles. The van der Waals surface area contributed by atoms with Gasteiger partial charge < -0.3 is 14.2 Å². The summed E-state index contributed by atoms with van der Waals surface area (Å²) in [4.78, 5) is 20.7. The predicted molar refractivity (Wildman–Crippen MR) is 109 cm³/mol. The lowest BCUT2D eigenvalue weighted by Crippen LogP contribution is -2.50. The van der Waals surface area contributed by atoms with E-state index in [1.807, 2.05) is 30.5 Å². The van der Waals surface area contributed by atoms with Gasteiger partial charge in [-0.3, -0.25) is 9.69 Å². The Morgan fingerprint density at radius 1 is 1.21 bits per heavy atom. The third-order valence-electron chi connectivity index (χ3n) is 5.73. The van der Waals surface area contributed by atoms with Crippen LogP contribution < -0.4 is 0 Å². The molecule has 0 aliphatic carbocycles. The average molecular weight is 398 g/mol. The Morgan fingerprint density at radius 2 is 1.93 bits per heavy atom. The Hall–Kier alpha value is -2.67. The molecule has 154 valence electrons. The number of methoxy groups -OCH3 is 1. The van der Waals surface area contributed by atoms with Crippen LogP contribution in [-0.2, 0) is 16.1 Å². The normalized spacial score (nSPS) is 17.2. The van der Waals surface area contributed by atoms with Gasteiger partial charge in [-0.15, -0.1) is 0 Å². The summed E-state index contributed by atoms with van der Waals surface area (Å²) < 4.78 is 20.8. The van der Waals surface area contributed by atoms with E-state index in [0.717, 1.165) is 43.0 Å². The van der Waals surface area contributed by atoms with Crippen LogP contribution in [0.5, 0.6) is 0 Å². The molecule has 1 fully saturated rings. The number of ether oxygens (including phenoxy) is 1. The maximum atomic E-state index is 14.0. The van der Waals surface area contributed by atoms with Gasteiger partial charge in [0, 0.05) is 39.3 Å². The summed E-state index contributed by atoms with van der Waals surface area (Å²) in [5, 5.41) is 0. The Bertz CT molecular complexity index is 942. The highest BCUT2D eigenvalue weighted by Gasteiger charge is 2.33. The van der Waals surface area contributed by atoms with Gasteiger partial charge >= 0.3 is 5.97 Å². The van der Waals surface area contributed by atoms with E-state index >= 15 is 0 Å². The van der Waals surface area contributed by atoms with E-state index in [1.165, 1.54) is 13.3 Å². The number of benzene rings is 1. The zero-order chi connectivity index (χ0) is 20.6. The molecule has 0 unspecified atom stereocenters. The molecular weight excluding hydrogens is 371 g/mol. The molecule has 0 bridgehead atoms. The molecule has 0 spiro atoms. The molecule has 0 amide bonds. The second-order valence-corrected chi connectivity index (χ2v) is 8.38. The minimum atomic E-state index is -0.545. The van der Waals surface area contributed by atoms with Gasteiger partial charge in [0.05, 0.1) is 24.4 Å². The topological polar surface area (TPSA) is 50.6 Å². The van der Waals surface area contributed by atoms with Gasteiger partial charge in [0.25, 0.3) is 0 Å². The maximum Gasteiger partial charge on any atom is 0.312 e. The second-order valence-electron chi connectivity index (χ2n) is 8.38. The molecule has 0 radical (unpaired) electrons. The lowest BCUT2D eigenvalue weighted by atomic mass is 9.92. The van der Waals surface area contributed by atoms with Crippen LogP contribution in [0.25, 0.3) is 11.8 Å². The first-order chi connectivity index (χ1) is 13.9. The molecule has 1 aromatic heterocycles. The third-order valence-corrected chi connectivity index (χ3v) is 5.73. The van der Waals surface area contributed by atoms with Crippen molar-refractivity contribution >= 4 is 17.7 Å². The number of hydrogen-bond acceptors (Lipinski definition) is 5. The van der Waals surface area contributed by atoms with Crippen molar-refractivity contribution in [1.29, 1.82) is 0 Å². The van der Waals surface area contributed by atoms with E-state index in [9.17, 15) is 9.18 Å². The molecule has 2 aliphatic heterocycles. The predicted octanol–water partition coefficient (Wildman–Crippen LogP) is 2.70. The van der Waals surface area contributed by atoms with Crippen LogP contribution in [0.3, 0.4) is 0 Å². The van der Waals surface area contributed by atoms with Crippen molar-refractivity contribution in [2.24, 2.45) is 5.41 Å². The lowest BCUT2D eigenvalue weighted by molar-refractivity contribution is -0.152. The van der Waals surface area contributed by atoms with E-state index < -0.39 is 11.4 Å². The molecule has 0 saturated carbocycles. The van der Waals surface area contributed by atoms with Gasteiger partial charge in [-0.1, -0.05) is 24.3 Å². The van der Waals surface area contributed by atoms with Crippen LogP contribution in [0.1, 0.15) is 30.8 Å². The highest BCUT2D eigenvalue weighted by molar-refractivity contribution is 5.80. The molecule has 0 atom stereocenters. The fourth-order valence-electron chi connectivity index (χ4n) is 4.20. The Kier molecular flexibility index (Phi) is 5.17. The number of hydrogen-bond donors (Lipinski definition) is 0. The molecular formula is C22H27FN4O2. The maximum absolute atomic E-state index is 14.0. The lowest BCUT2D eigenvalue weighted by Gasteiger charge is -2.39. The Labute approximate surface area is 170 Å². The van der Waals surface area contributed by atoms with Gasteiger partial charge in [-0.05, 0) is 31.1 Å². The largest absolute Gasteiger partial charge is 0.469 e. The minimum Gasteiger partial charge on any atom is -0.469 e. The molecule has 1 aromatic carbocycles. The summed E-state index contributed by atoms with van der Waals surface area (Å²) in [5.41, 5.74) is 2.70. The fraction of sp³-hybridized carbons (Fsp3) is 0.455. The number of fused-ring (bicyclic) bond motifs is 2. The zero-order valence-electron chi connectivity index (χ0n) is 17.2. The highest BCUT2D eigenvalue weighted by atomic mass is 19.1. The number of piperazine rings is 1. The minimum absolute atomic E-state index is 0.194. The standard InChI is InChI=1S/C22H27FN4O2/c1-22(2,21(28)29-3)15-25-8-10-26(11-9-25)18-12-16-6-4-5-7-17(16)13-27-14-19(23)24-20(18)27/h4-7,12,14H,8-11,13,15H2,1-3H3. The molecule has 1 saturated heterocycles. The van der Waals surface area contributed by atoms with E-state index in [4.69, 9.17) is 4.74 Å². The summed E-state index contributed by atoms with van der Waals surface area (Å²) in [6.45, 7) is 8.31. The molecule has 4 rings (SSSR count). The van der Waals surface area contributed by atoms with Gasteiger partial charge in [-0.25, -0.2) is 0 Å². The molecule has 0 N–H and O–H groups in total. The number of carbonyl (C=O) groups is 1. The van der Waals surface area contributed by atoms with Crippen molar-refractivity contribution in [2.75, 3.05) is 39.8 Å². The van der Waals surface area contributed by atoms with Crippen molar-refractivity contribution in [1.82, 2.24) is 19.4 Å². The number of rotatable bonds is 4. The van der Waals surface area contributed by atoms with Crippen LogP contribution in [0.2, 0.25) is 0 Å². The van der Waals surface area contributed by atoms with E-state index in [-0.39, 0.29) is 5.97 Å². The number of halogens is 1. The van der Waals surface area contributed by atoms with Gasteiger partial charge in [0.2, 0.25) is 5.95 Å². The molecule has 29 heavy (non-hydrogen) atoms. The van der Waals surface area contributed by atoms with Crippen molar-refractivity contribution < 1.29 is 13.9 Å². The number of imidazole rings is 1. The van der Waals surface area contributed by atoms with Crippen LogP contribution in [0.15, 0.2) is 30.5 Å². The van der Waals surface area contributed by atoms with Crippen molar-refractivity contribution in [3.63, 3.8) is 0 Å². The second kappa shape index (κ2) is 7.63. The number of carbonyl (C=O) groups excluding carboxylic acids is 1. The monoisotopic (exact) mass is 398 g/mol. The molecule has 2 aliphatic rings. The summed E-state index contributed by atoms with van der Waals surface area (Å²) in [7, 11) is 1.43. The van der Waals surface area contributed by atoms with Crippen LogP contribution in [0, 0.1) is 11.4 Å². The summed E-state index contributed by atoms with van der Waals surface area (Å²) >= 11 is 0. The third kappa shape index (κ3) is 3.92. The summed E-state index contributed by atoms with van der Waals surface area (Å²) in [6, 6.07) is 8.19. The zero-order valence-corrected chi connectivity index (χ0v) is 17.2. The molecule has 2 aromatic rings. The first-order valence-electron chi connectivity index (χ1n) is 9.96. The van der Waals surface area contributed by atoms with Crippen LogP contribution >= 0.6 is 0 Å². The van der Waals surface area contributed by atoms with Crippen LogP contribution in [0.4, 0.5) is 4.39 Å². The SMILES string of the molecule is COC(=O)C(C)(C)CN1CCN(C2=Cc3ccccc3Cn3cc(F)nc32)CC1. The van der Waals surface area contributed by atoms with E-state index in [0.29, 0.717) is 18.9 Å². The van der Waals surface area contributed by atoms with Crippen molar-refractivity contribution in [3.8, 4) is 0 Å². The molecule has 7 heteroatoms. The first kappa shape index (κ1) is 19.6. The number of nitrogens with zero attached hydrogens (tertiary/aromatic N) is 4. The molecule has 6 nitrogen and oxygen atoms in total.